The van der Waals surface area contributed by atoms with E-state index < -0.39 is 0 Å². The molecule has 0 saturated heterocycles. The molecule has 0 aliphatic heterocycles. The molecule has 132 valence electrons. The fourth-order valence-corrected chi connectivity index (χ4v) is 3.98. The molecule has 0 N–H and O–H groups in total. The summed E-state index contributed by atoms with van der Waals surface area (Å²) in [6.45, 7) is 0. The number of rotatable bonds is 5. The van der Waals surface area contributed by atoms with Crippen molar-refractivity contribution in [2.24, 2.45) is 0 Å². The Bertz CT molecular complexity index is 831. The highest BCUT2D eigenvalue weighted by atomic mass is 79.9. The Morgan fingerprint density at radius 1 is 0.880 bits per heavy atom. The number of hydrogen-bond donors (Lipinski definition) is 0. The lowest BCUT2D eigenvalue weighted by Crippen LogP contribution is -2.02. The Hall–Kier alpha value is -2.21. The van der Waals surface area contributed by atoms with Gasteiger partial charge in [0.15, 0.2) is 17.3 Å². The Morgan fingerprint density at radius 3 is 2.12 bits per heavy atom. The number of benzene rings is 2. The van der Waals surface area contributed by atoms with Crippen molar-refractivity contribution in [2.75, 3.05) is 28.4 Å². The van der Waals surface area contributed by atoms with E-state index in [1.54, 1.807) is 34.5 Å². The van der Waals surface area contributed by atoms with Crippen LogP contribution < -0.4 is 18.9 Å². The molecule has 0 radical (unpaired) electrons. The molecule has 0 amide bonds. The first-order valence-electron chi connectivity index (χ1n) is 7.75. The topological polar surface area (TPSA) is 54.0 Å². The van der Waals surface area contributed by atoms with Crippen molar-refractivity contribution in [1.29, 1.82) is 0 Å². The van der Waals surface area contributed by atoms with Crippen LogP contribution in [0.15, 0.2) is 28.7 Å². The van der Waals surface area contributed by atoms with Crippen LogP contribution in [0, 0.1) is 0 Å². The minimum Gasteiger partial charge on any atom is -0.495 e. The first-order chi connectivity index (χ1) is 12.0. The third-order valence-corrected chi connectivity index (χ3v) is 5.26. The number of fused-ring (bicyclic) bond motifs is 1. The molecule has 6 heteroatoms. The summed E-state index contributed by atoms with van der Waals surface area (Å²) >= 11 is 3.53. The largest absolute Gasteiger partial charge is 0.495 e. The Balaban J connectivity index is 2.17. The molecule has 3 rings (SSSR count). The molecular weight excluding hydrogens is 388 g/mol. The van der Waals surface area contributed by atoms with Crippen LogP contribution >= 0.6 is 15.9 Å². The van der Waals surface area contributed by atoms with Crippen molar-refractivity contribution in [3.05, 3.63) is 45.4 Å². The number of carbonyl (C=O) groups excluding carboxylic acids is 1. The zero-order valence-corrected chi connectivity index (χ0v) is 16.1. The standard InChI is InChI=1S/C19H19BrO5/c1-22-15-6-5-10(19(25-4)18(15)20)11-7-14(21)13-9-17(24-3)16(23-2)8-12(11)13/h5-6,8-9,11H,7H2,1-4H3. The highest BCUT2D eigenvalue weighted by Crippen LogP contribution is 2.48. The normalized spacial score (nSPS) is 15.7. The zero-order chi connectivity index (χ0) is 18.1. The van der Waals surface area contributed by atoms with Crippen LogP contribution in [0.25, 0.3) is 0 Å². The van der Waals surface area contributed by atoms with E-state index in [1.807, 2.05) is 18.2 Å². The van der Waals surface area contributed by atoms with Gasteiger partial charge in [0.2, 0.25) is 0 Å². The summed E-state index contributed by atoms with van der Waals surface area (Å²) in [5.41, 5.74) is 2.50. The maximum Gasteiger partial charge on any atom is 0.164 e. The predicted molar refractivity (Wildman–Crippen MR) is 97.6 cm³/mol. The van der Waals surface area contributed by atoms with Gasteiger partial charge < -0.3 is 18.9 Å². The molecule has 5 nitrogen and oxygen atoms in total. The molecule has 0 aromatic heterocycles. The molecule has 2 aromatic carbocycles. The van der Waals surface area contributed by atoms with Crippen molar-refractivity contribution in [3.63, 3.8) is 0 Å². The van der Waals surface area contributed by atoms with Gasteiger partial charge in [0, 0.05) is 23.5 Å². The molecule has 25 heavy (non-hydrogen) atoms. The number of Topliss-reactive ketones (excluding diaryl/α,β-unsaturated/α-hetero) is 1. The lowest BCUT2D eigenvalue weighted by molar-refractivity contribution is 0.0991. The summed E-state index contributed by atoms with van der Waals surface area (Å²) in [4.78, 5) is 12.6. The molecule has 0 fully saturated rings. The van der Waals surface area contributed by atoms with Gasteiger partial charge in [-0.1, -0.05) is 6.07 Å². The minimum absolute atomic E-state index is 0.0787. The van der Waals surface area contributed by atoms with Crippen molar-refractivity contribution in [2.45, 2.75) is 12.3 Å². The molecule has 1 atom stereocenters. The quantitative estimate of drug-likeness (QED) is 0.744. The van der Waals surface area contributed by atoms with Crippen LogP contribution in [0.5, 0.6) is 23.0 Å². The van der Waals surface area contributed by atoms with Gasteiger partial charge in [-0.05, 0) is 39.7 Å². The highest BCUT2D eigenvalue weighted by molar-refractivity contribution is 9.10. The fraction of sp³-hybridized carbons (Fsp3) is 0.316. The van der Waals surface area contributed by atoms with Gasteiger partial charge >= 0.3 is 0 Å². The van der Waals surface area contributed by atoms with E-state index in [2.05, 4.69) is 15.9 Å². The second kappa shape index (κ2) is 6.96. The number of ketones is 1. The zero-order valence-electron chi connectivity index (χ0n) is 14.5. The third-order valence-electron chi connectivity index (χ3n) is 4.51. The van der Waals surface area contributed by atoms with E-state index in [0.29, 0.717) is 35.0 Å². The molecule has 0 heterocycles. The van der Waals surface area contributed by atoms with Gasteiger partial charge in [0.05, 0.1) is 28.4 Å². The maximum atomic E-state index is 12.6. The second-order valence-corrected chi connectivity index (χ2v) is 6.47. The fourth-order valence-electron chi connectivity index (χ4n) is 3.30. The molecule has 1 aliphatic rings. The first kappa shape index (κ1) is 17.6. The summed E-state index contributed by atoms with van der Waals surface area (Å²) in [6.07, 6.45) is 0.376. The average Bonchev–Trinajstić information content (AvgIpc) is 2.95. The average molecular weight is 407 g/mol. The van der Waals surface area contributed by atoms with Crippen LogP contribution in [0.4, 0.5) is 0 Å². The molecular formula is C19H19BrO5. The molecule has 1 unspecified atom stereocenters. The molecule has 1 aliphatic carbocycles. The Labute approximate surface area is 155 Å². The number of ether oxygens (including phenoxy) is 4. The molecule has 0 bridgehead atoms. The van der Waals surface area contributed by atoms with Crippen molar-refractivity contribution >= 4 is 21.7 Å². The monoisotopic (exact) mass is 406 g/mol. The minimum atomic E-state index is -0.112. The molecule has 2 aromatic rings. The van der Waals surface area contributed by atoms with E-state index in [0.717, 1.165) is 15.6 Å². The van der Waals surface area contributed by atoms with Crippen LogP contribution in [-0.2, 0) is 0 Å². The van der Waals surface area contributed by atoms with Crippen molar-refractivity contribution < 1.29 is 23.7 Å². The van der Waals surface area contributed by atoms with Crippen LogP contribution in [0.1, 0.15) is 33.8 Å². The van der Waals surface area contributed by atoms with Crippen LogP contribution in [-0.4, -0.2) is 34.2 Å². The number of halogens is 1. The van der Waals surface area contributed by atoms with E-state index >= 15 is 0 Å². The maximum absolute atomic E-state index is 12.6. The lowest BCUT2D eigenvalue weighted by atomic mass is 9.92. The second-order valence-electron chi connectivity index (χ2n) is 5.68. The number of methoxy groups -OCH3 is 4. The van der Waals surface area contributed by atoms with Gasteiger partial charge in [-0.25, -0.2) is 0 Å². The van der Waals surface area contributed by atoms with Gasteiger partial charge in [-0.3, -0.25) is 4.79 Å². The Kier molecular flexibility index (Phi) is 4.90. The summed E-state index contributed by atoms with van der Waals surface area (Å²) in [7, 11) is 6.35. The van der Waals surface area contributed by atoms with Crippen molar-refractivity contribution in [3.8, 4) is 23.0 Å². The Morgan fingerprint density at radius 2 is 1.52 bits per heavy atom. The molecule has 0 spiro atoms. The van der Waals surface area contributed by atoms with E-state index in [9.17, 15) is 4.79 Å². The van der Waals surface area contributed by atoms with Crippen LogP contribution in [0.3, 0.4) is 0 Å². The smallest absolute Gasteiger partial charge is 0.164 e. The van der Waals surface area contributed by atoms with Crippen LogP contribution in [0.2, 0.25) is 0 Å². The summed E-state index contributed by atoms with van der Waals surface area (Å²) < 4.78 is 22.4. The predicted octanol–water partition coefficient (Wildman–Crippen LogP) is 4.20. The molecule has 0 saturated carbocycles. The van der Waals surface area contributed by atoms with Crippen molar-refractivity contribution in [1.82, 2.24) is 0 Å². The van der Waals surface area contributed by atoms with Gasteiger partial charge in [0.1, 0.15) is 16.0 Å². The summed E-state index contributed by atoms with van der Waals surface area (Å²) in [5.74, 6) is 2.47. The van der Waals surface area contributed by atoms with E-state index in [4.69, 9.17) is 18.9 Å². The number of hydrogen-bond acceptors (Lipinski definition) is 5. The van der Waals surface area contributed by atoms with Gasteiger partial charge in [0.25, 0.3) is 0 Å². The SMILES string of the molecule is COc1cc2c(cc1OC)C(c1ccc(OC)c(Br)c1OC)CC2=O. The van der Waals surface area contributed by atoms with Gasteiger partial charge in [-0.15, -0.1) is 0 Å². The number of carbonyl (C=O) groups is 1. The van der Waals surface area contributed by atoms with Gasteiger partial charge in [-0.2, -0.15) is 0 Å². The summed E-state index contributed by atoms with van der Waals surface area (Å²) in [6, 6.07) is 7.43. The highest BCUT2D eigenvalue weighted by Gasteiger charge is 2.34. The lowest BCUT2D eigenvalue weighted by Gasteiger charge is -2.19. The third kappa shape index (κ3) is 2.84. The summed E-state index contributed by atoms with van der Waals surface area (Å²) in [5, 5.41) is 0. The first-order valence-corrected chi connectivity index (χ1v) is 8.54. The van der Waals surface area contributed by atoms with E-state index in [1.165, 1.54) is 0 Å². The van der Waals surface area contributed by atoms with E-state index in [-0.39, 0.29) is 11.7 Å².